The van der Waals surface area contributed by atoms with Gasteiger partial charge in [0.15, 0.2) is 0 Å². The fourth-order valence-corrected chi connectivity index (χ4v) is 4.27. The van der Waals surface area contributed by atoms with Crippen LogP contribution < -0.4 is 9.44 Å². The third-order valence-electron chi connectivity index (χ3n) is 3.71. The van der Waals surface area contributed by atoms with Gasteiger partial charge < -0.3 is 0 Å². The van der Waals surface area contributed by atoms with Crippen molar-refractivity contribution < 1.29 is 8.42 Å². The van der Waals surface area contributed by atoms with E-state index in [-0.39, 0.29) is 6.04 Å². The molecular formula is C14H30N2O2S. The van der Waals surface area contributed by atoms with Crippen LogP contribution in [0.15, 0.2) is 0 Å². The maximum atomic E-state index is 12.0. The lowest BCUT2D eigenvalue weighted by Crippen LogP contribution is -2.50. The zero-order valence-corrected chi connectivity index (χ0v) is 14.0. The molecule has 0 heterocycles. The van der Waals surface area contributed by atoms with Crippen LogP contribution in [-0.2, 0) is 10.2 Å². The summed E-state index contributed by atoms with van der Waals surface area (Å²) >= 11 is 0. The van der Waals surface area contributed by atoms with Gasteiger partial charge in [-0.2, -0.15) is 17.9 Å². The first-order valence-corrected chi connectivity index (χ1v) is 8.69. The second-order valence-electron chi connectivity index (χ2n) is 7.89. The molecule has 0 aromatic carbocycles. The van der Waals surface area contributed by atoms with Gasteiger partial charge in [-0.25, -0.2) is 0 Å². The quantitative estimate of drug-likeness (QED) is 0.839. The Morgan fingerprint density at radius 3 is 1.74 bits per heavy atom. The molecule has 0 bridgehead atoms. The fraction of sp³-hybridized carbons (Fsp3) is 1.00. The second-order valence-corrected chi connectivity index (χ2v) is 9.33. The summed E-state index contributed by atoms with van der Waals surface area (Å²) in [6, 6.07) is 0.0819. The molecule has 4 nitrogen and oxygen atoms in total. The highest BCUT2D eigenvalue weighted by molar-refractivity contribution is 7.87. The average Bonchev–Trinajstić information content (AvgIpc) is 2.11. The summed E-state index contributed by atoms with van der Waals surface area (Å²) in [6.07, 6.45) is 4.08. The van der Waals surface area contributed by atoms with E-state index in [0.717, 1.165) is 25.7 Å². The molecule has 2 N–H and O–H groups in total. The van der Waals surface area contributed by atoms with E-state index in [9.17, 15) is 8.42 Å². The Morgan fingerprint density at radius 1 is 0.895 bits per heavy atom. The first kappa shape index (κ1) is 16.9. The topological polar surface area (TPSA) is 58.2 Å². The first-order valence-electron chi connectivity index (χ1n) is 7.20. The summed E-state index contributed by atoms with van der Waals surface area (Å²) < 4.78 is 29.4. The molecule has 1 saturated carbocycles. The monoisotopic (exact) mass is 290 g/mol. The van der Waals surface area contributed by atoms with Crippen molar-refractivity contribution in [2.45, 2.75) is 78.8 Å². The highest BCUT2D eigenvalue weighted by Gasteiger charge is 2.31. The lowest BCUT2D eigenvalue weighted by Gasteiger charge is -2.37. The standard InChI is InChI=1S/C14H30N2O2S/c1-13(2,3)11-7-9-12(10-8-11)15-19(17,18)16-14(4,5)6/h11-12,15-16H,7-10H2,1-6H3. The van der Waals surface area contributed by atoms with E-state index >= 15 is 0 Å². The van der Waals surface area contributed by atoms with Crippen molar-refractivity contribution in [3.63, 3.8) is 0 Å². The summed E-state index contributed by atoms with van der Waals surface area (Å²) in [6.45, 7) is 12.4. The molecule has 0 atom stereocenters. The van der Waals surface area contributed by atoms with Crippen LogP contribution in [0.25, 0.3) is 0 Å². The Morgan fingerprint density at radius 2 is 1.37 bits per heavy atom. The molecule has 0 unspecified atom stereocenters. The summed E-state index contributed by atoms with van der Waals surface area (Å²) in [7, 11) is -3.39. The molecule has 1 aliphatic rings. The zero-order chi connectivity index (χ0) is 14.9. The molecule has 0 aliphatic heterocycles. The third kappa shape index (κ3) is 6.23. The number of hydrogen-bond donors (Lipinski definition) is 2. The minimum Gasteiger partial charge on any atom is -0.199 e. The molecule has 0 aromatic heterocycles. The number of rotatable bonds is 3. The van der Waals surface area contributed by atoms with Crippen LogP contribution >= 0.6 is 0 Å². The largest absolute Gasteiger partial charge is 0.277 e. The van der Waals surface area contributed by atoms with Gasteiger partial charge in [-0.1, -0.05) is 20.8 Å². The van der Waals surface area contributed by atoms with E-state index in [1.54, 1.807) is 0 Å². The van der Waals surface area contributed by atoms with Crippen LogP contribution in [0, 0.1) is 11.3 Å². The molecule has 0 spiro atoms. The van der Waals surface area contributed by atoms with Gasteiger partial charge in [0.05, 0.1) is 0 Å². The van der Waals surface area contributed by atoms with Gasteiger partial charge in [-0.3, -0.25) is 0 Å². The molecule has 114 valence electrons. The van der Waals surface area contributed by atoms with Crippen molar-refractivity contribution in [1.82, 2.24) is 9.44 Å². The molecule has 1 rings (SSSR count). The minimum atomic E-state index is -3.39. The summed E-state index contributed by atoms with van der Waals surface area (Å²) in [5.74, 6) is 0.698. The van der Waals surface area contributed by atoms with Gasteiger partial charge in [0, 0.05) is 11.6 Å². The molecule has 1 fully saturated rings. The maximum absolute atomic E-state index is 12.0. The van der Waals surface area contributed by atoms with Crippen molar-refractivity contribution >= 4 is 10.2 Å². The predicted molar refractivity (Wildman–Crippen MR) is 80.1 cm³/mol. The van der Waals surface area contributed by atoms with Crippen molar-refractivity contribution in [3.8, 4) is 0 Å². The summed E-state index contributed by atoms with van der Waals surface area (Å²) in [5, 5.41) is 0. The van der Waals surface area contributed by atoms with Gasteiger partial charge >= 0.3 is 0 Å². The first-order chi connectivity index (χ1) is 8.39. The fourth-order valence-electron chi connectivity index (χ4n) is 2.73. The van der Waals surface area contributed by atoms with Crippen molar-refractivity contribution in [3.05, 3.63) is 0 Å². The van der Waals surface area contributed by atoms with E-state index in [0.29, 0.717) is 11.3 Å². The molecule has 0 radical (unpaired) electrons. The second kappa shape index (κ2) is 5.70. The van der Waals surface area contributed by atoms with Crippen LogP contribution in [0.5, 0.6) is 0 Å². The lowest BCUT2D eigenvalue weighted by molar-refractivity contribution is 0.166. The van der Waals surface area contributed by atoms with Crippen LogP contribution in [0.1, 0.15) is 67.2 Å². The Kier molecular flexibility index (Phi) is 5.08. The molecule has 0 saturated heterocycles. The molecule has 1 aliphatic carbocycles. The van der Waals surface area contributed by atoms with E-state index < -0.39 is 15.7 Å². The third-order valence-corrected chi connectivity index (χ3v) is 5.24. The predicted octanol–water partition coefficient (Wildman–Crippen LogP) is 2.81. The van der Waals surface area contributed by atoms with Gasteiger partial charge in [0.2, 0.25) is 0 Å². The highest BCUT2D eigenvalue weighted by atomic mass is 32.2. The molecule has 0 amide bonds. The van der Waals surface area contributed by atoms with Crippen LogP contribution in [0.4, 0.5) is 0 Å². The van der Waals surface area contributed by atoms with E-state index in [2.05, 4.69) is 30.2 Å². The van der Waals surface area contributed by atoms with Crippen molar-refractivity contribution in [2.24, 2.45) is 11.3 Å². The van der Waals surface area contributed by atoms with E-state index in [4.69, 9.17) is 0 Å². The Labute approximate surface area is 118 Å². The summed E-state index contributed by atoms with van der Waals surface area (Å²) in [4.78, 5) is 0. The van der Waals surface area contributed by atoms with E-state index in [1.807, 2.05) is 20.8 Å². The number of nitrogens with one attached hydrogen (secondary N) is 2. The molecular weight excluding hydrogens is 260 g/mol. The van der Waals surface area contributed by atoms with Crippen LogP contribution in [-0.4, -0.2) is 20.0 Å². The van der Waals surface area contributed by atoms with Crippen LogP contribution in [0.3, 0.4) is 0 Å². The SMILES string of the molecule is CC(C)(C)NS(=O)(=O)NC1CCC(C(C)(C)C)CC1. The van der Waals surface area contributed by atoms with Gasteiger partial charge in [-0.05, 0) is 57.8 Å². The Balaban J connectivity index is 2.50. The van der Waals surface area contributed by atoms with Crippen LogP contribution in [0.2, 0.25) is 0 Å². The lowest BCUT2D eigenvalue weighted by atomic mass is 9.71. The van der Waals surface area contributed by atoms with E-state index in [1.165, 1.54) is 0 Å². The minimum absolute atomic E-state index is 0.0819. The molecule has 0 aromatic rings. The maximum Gasteiger partial charge on any atom is 0.277 e. The van der Waals surface area contributed by atoms with Gasteiger partial charge in [0.1, 0.15) is 0 Å². The Hall–Kier alpha value is -0.130. The zero-order valence-electron chi connectivity index (χ0n) is 13.2. The van der Waals surface area contributed by atoms with Crippen molar-refractivity contribution in [1.29, 1.82) is 0 Å². The number of hydrogen-bond acceptors (Lipinski definition) is 2. The van der Waals surface area contributed by atoms with Gasteiger partial charge in [-0.15, -0.1) is 0 Å². The Bertz CT molecular complexity index is 383. The van der Waals surface area contributed by atoms with Crippen molar-refractivity contribution in [2.75, 3.05) is 0 Å². The summed E-state index contributed by atoms with van der Waals surface area (Å²) in [5.41, 5.74) is -0.109. The van der Waals surface area contributed by atoms with Gasteiger partial charge in [0.25, 0.3) is 10.2 Å². The molecule has 19 heavy (non-hydrogen) atoms. The highest BCUT2D eigenvalue weighted by Crippen LogP contribution is 2.37. The smallest absolute Gasteiger partial charge is 0.199 e. The normalized spacial score (nSPS) is 26.4. The average molecular weight is 290 g/mol. The molecule has 5 heteroatoms.